The fourth-order valence-corrected chi connectivity index (χ4v) is 3.65. The van der Waals surface area contributed by atoms with E-state index in [4.69, 9.17) is 18.8 Å². The summed E-state index contributed by atoms with van der Waals surface area (Å²) in [5.74, 6) is -1.21. The molecular formula is C20H31BO6. The van der Waals surface area contributed by atoms with Crippen LogP contribution in [0.2, 0.25) is 6.32 Å². The predicted molar refractivity (Wildman–Crippen MR) is 103 cm³/mol. The predicted octanol–water partition coefficient (Wildman–Crippen LogP) is 3.32. The molecular weight excluding hydrogens is 347 g/mol. The highest BCUT2D eigenvalue weighted by Crippen LogP contribution is 2.44. The zero-order valence-electron chi connectivity index (χ0n) is 17.3. The number of rotatable bonds is 5. The Hall–Kier alpha value is -1.60. The molecule has 150 valence electrons. The maximum Gasteiger partial charge on any atom is 0.461 e. The molecule has 0 bridgehead atoms. The second-order valence-electron chi connectivity index (χ2n) is 8.38. The molecule has 2 rings (SSSR count). The van der Waals surface area contributed by atoms with Gasteiger partial charge in [0.05, 0.1) is 25.4 Å². The van der Waals surface area contributed by atoms with Crippen LogP contribution in [0.25, 0.3) is 0 Å². The summed E-state index contributed by atoms with van der Waals surface area (Å²) in [6.45, 7) is 12.2. The molecule has 0 N–H and O–H groups in total. The first-order valence-electron chi connectivity index (χ1n) is 9.36. The number of hydrogen-bond acceptors (Lipinski definition) is 6. The van der Waals surface area contributed by atoms with Gasteiger partial charge in [0.2, 0.25) is 0 Å². The highest BCUT2D eigenvalue weighted by atomic mass is 16.7. The number of esters is 2. The quantitative estimate of drug-likeness (QED) is 0.316. The topological polar surface area (TPSA) is 71.1 Å². The molecule has 0 amide bonds. The van der Waals surface area contributed by atoms with E-state index in [1.165, 1.54) is 14.2 Å². The fraction of sp³-hybridized carbons (Fsp3) is 0.700. The summed E-state index contributed by atoms with van der Waals surface area (Å²) < 4.78 is 21.8. The molecule has 27 heavy (non-hydrogen) atoms. The molecule has 0 radical (unpaired) electrons. The Morgan fingerprint density at radius 1 is 1.15 bits per heavy atom. The Morgan fingerprint density at radius 3 is 2.15 bits per heavy atom. The number of ether oxygens (including phenoxy) is 2. The Bertz CT molecular complexity index is 604. The van der Waals surface area contributed by atoms with E-state index < -0.39 is 17.4 Å². The average molecular weight is 378 g/mol. The molecule has 7 heteroatoms. The zero-order valence-corrected chi connectivity index (χ0v) is 17.3. The van der Waals surface area contributed by atoms with E-state index in [0.717, 1.165) is 5.57 Å². The number of carbonyl (C=O) groups excluding carboxylic acids is 2. The monoisotopic (exact) mass is 378 g/mol. The van der Waals surface area contributed by atoms with Gasteiger partial charge in [-0.3, -0.25) is 9.59 Å². The standard InChI is InChI=1S/C20H31BO6/c1-14-10-11-20(16(22)24-6,17(23)25-7)13-15(14)9-8-12-21-26-18(2,3)19(4,5)27-21/h8-9,15H,1,10-13H2,2-7H3/b9-8+. The third-order valence-corrected chi connectivity index (χ3v) is 6.12. The van der Waals surface area contributed by atoms with Crippen molar-refractivity contribution in [2.24, 2.45) is 11.3 Å². The van der Waals surface area contributed by atoms with Crippen LogP contribution < -0.4 is 0 Å². The van der Waals surface area contributed by atoms with Gasteiger partial charge in [-0.1, -0.05) is 24.3 Å². The summed E-state index contributed by atoms with van der Waals surface area (Å²) in [4.78, 5) is 24.7. The van der Waals surface area contributed by atoms with Crippen molar-refractivity contribution in [2.75, 3.05) is 14.2 Å². The molecule has 0 aromatic carbocycles. The van der Waals surface area contributed by atoms with E-state index in [-0.39, 0.29) is 24.2 Å². The average Bonchev–Trinajstić information content (AvgIpc) is 2.82. The van der Waals surface area contributed by atoms with E-state index in [2.05, 4.69) is 6.58 Å². The molecule has 1 saturated carbocycles. The summed E-state index contributed by atoms with van der Waals surface area (Å²) in [6, 6.07) is 0. The Kier molecular flexibility index (Phi) is 6.27. The van der Waals surface area contributed by atoms with Gasteiger partial charge in [0.15, 0.2) is 5.41 Å². The minimum atomic E-state index is -1.27. The van der Waals surface area contributed by atoms with Crippen LogP contribution in [0.15, 0.2) is 24.3 Å². The van der Waals surface area contributed by atoms with Gasteiger partial charge in [0, 0.05) is 6.32 Å². The Morgan fingerprint density at radius 2 is 1.67 bits per heavy atom. The lowest BCUT2D eigenvalue weighted by molar-refractivity contribution is -0.171. The first-order valence-corrected chi connectivity index (χ1v) is 9.36. The smallest absolute Gasteiger partial charge is 0.461 e. The van der Waals surface area contributed by atoms with E-state index >= 15 is 0 Å². The van der Waals surface area contributed by atoms with E-state index in [1.54, 1.807) is 0 Å². The van der Waals surface area contributed by atoms with Crippen LogP contribution in [0.3, 0.4) is 0 Å². The van der Waals surface area contributed by atoms with Crippen molar-refractivity contribution in [3.05, 3.63) is 24.3 Å². The lowest BCUT2D eigenvalue weighted by atomic mass is 9.67. The molecule has 1 heterocycles. The molecule has 2 fully saturated rings. The summed E-state index contributed by atoms with van der Waals surface area (Å²) in [7, 11) is 2.26. The molecule has 1 unspecified atom stereocenters. The van der Waals surface area contributed by atoms with Crippen LogP contribution in [-0.4, -0.2) is 44.5 Å². The van der Waals surface area contributed by atoms with Gasteiger partial charge in [0.25, 0.3) is 0 Å². The molecule has 0 aromatic heterocycles. The number of carbonyl (C=O) groups is 2. The van der Waals surface area contributed by atoms with Crippen LogP contribution in [0, 0.1) is 11.3 Å². The van der Waals surface area contributed by atoms with Crippen LogP contribution in [-0.2, 0) is 28.4 Å². The van der Waals surface area contributed by atoms with Gasteiger partial charge in [-0.15, -0.1) is 0 Å². The summed E-state index contributed by atoms with van der Waals surface area (Å²) in [5, 5.41) is 0. The maximum atomic E-state index is 12.4. The van der Waals surface area contributed by atoms with Crippen LogP contribution >= 0.6 is 0 Å². The van der Waals surface area contributed by atoms with Crippen molar-refractivity contribution in [2.45, 2.75) is 64.5 Å². The van der Waals surface area contributed by atoms with Gasteiger partial charge in [-0.2, -0.15) is 0 Å². The van der Waals surface area contributed by atoms with Crippen LogP contribution in [0.5, 0.6) is 0 Å². The maximum absolute atomic E-state index is 12.4. The van der Waals surface area contributed by atoms with Gasteiger partial charge >= 0.3 is 19.1 Å². The van der Waals surface area contributed by atoms with Gasteiger partial charge in [-0.25, -0.2) is 0 Å². The molecule has 6 nitrogen and oxygen atoms in total. The minimum Gasteiger partial charge on any atom is -0.468 e. The van der Waals surface area contributed by atoms with Crippen molar-refractivity contribution in [1.29, 1.82) is 0 Å². The Labute approximate surface area is 162 Å². The molecule has 1 aliphatic carbocycles. The second-order valence-corrected chi connectivity index (χ2v) is 8.38. The van der Waals surface area contributed by atoms with Crippen molar-refractivity contribution in [1.82, 2.24) is 0 Å². The zero-order chi connectivity index (χ0) is 20.5. The van der Waals surface area contributed by atoms with Crippen LogP contribution in [0.4, 0.5) is 0 Å². The third-order valence-electron chi connectivity index (χ3n) is 6.12. The summed E-state index contributed by atoms with van der Waals surface area (Å²) >= 11 is 0. The minimum absolute atomic E-state index is 0.112. The highest BCUT2D eigenvalue weighted by molar-refractivity contribution is 6.46. The van der Waals surface area contributed by atoms with Crippen LogP contribution in [0.1, 0.15) is 47.0 Å². The second kappa shape index (κ2) is 7.80. The van der Waals surface area contributed by atoms with Gasteiger partial charge < -0.3 is 18.8 Å². The van der Waals surface area contributed by atoms with Crippen molar-refractivity contribution >= 4 is 19.1 Å². The number of allylic oxidation sites excluding steroid dienone is 3. The number of methoxy groups -OCH3 is 2. The lowest BCUT2D eigenvalue weighted by Crippen LogP contribution is -2.45. The molecule has 1 saturated heterocycles. The Balaban J connectivity index is 2.09. The molecule has 0 aromatic rings. The van der Waals surface area contributed by atoms with E-state index in [0.29, 0.717) is 25.6 Å². The summed E-state index contributed by atoms with van der Waals surface area (Å²) in [5.41, 5.74) is -1.02. The third kappa shape index (κ3) is 4.14. The van der Waals surface area contributed by atoms with Crippen molar-refractivity contribution < 1.29 is 28.4 Å². The largest absolute Gasteiger partial charge is 0.468 e. The fourth-order valence-electron chi connectivity index (χ4n) is 3.65. The highest BCUT2D eigenvalue weighted by Gasteiger charge is 2.52. The van der Waals surface area contributed by atoms with Gasteiger partial charge in [-0.05, 0) is 52.9 Å². The SMILES string of the molecule is C=C1CCC(C(=O)OC)(C(=O)OC)CC1/C=C/CB1OC(C)(C)C(C)(C)O1. The van der Waals surface area contributed by atoms with Gasteiger partial charge in [0.1, 0.15) is 0 Å². The van der Waals surface area contributed by atoms with E-state index in [1.807, 2.05) is 39.8 Å². The van der Waals surface area contributed by atoms with Crippen molar-refractivity contribution in [3.63, 3.8) is 0 Å². The molecule has 0 spiro atoms. The molecule has 1 aliphatic heterocycles. The molecule has 1 atom stereocenters. The lowest BCUT2D eigenvalue weighted by Gasteiger charge is -2.36. The first-order chi connectivity index (χ1) is 12.5. The first kappa shape index (κ1) is 21.7. The molecule has 2 aliphatic rings. The van der Waals surface area contributed by atoms with Crippen molar-refractivity contribution in [3.8, 4) is 0 Å². The van der Waals surface area contributed by atoms with E-state index in [9.17, 15) is 9.59 Å². The normalized spacial score (nSPS) is 26.2. The summed E-state index contributed by atoms with van der Waals surface area (Å²) in [6.07, 6.45) is 5.75. The number of hydrogen-bond donors (Lipinski definition) is 0.